The van der Waals surface area contributed by atoms with E-state index in [-0.39, 0.29) is 0 Å². The van der Waals surface area contributed by atoms with Gasteiger partial charge < -0.3 is 5.73 Å². The first-order chi connectivity index (χ1) is 6.27. The standard InChI is InChI=1S/C8H7N3OS/c9-7(12)8-11-10-5-3-1-2-4-6(5)13-8/h1-4,10H,(H2,9,12). The molecule has 1 aliphatic rings. The van der Waals surface area contributed by atoms with Crippen molar-refractivity contribution in [1.29, 1.82) is 0 Å². The van der Waals surface area contributed by atoms with Gasteiger partial charge in [0, 0.05) is 4.90 Å². The van der Waals surface area contributed by atoms with Crippen LogP contribution in [0.2, 0.25) is 0 Å². The number of nitrogens with zero attached hydrogens (tertiary/aromatic N) is 1. The number of nitrogens with one attached hydrogen (secondary N) is 1. The molecule has 5 heteroatoms. The molecule has 0 aromatic heterocycles. The van der Waals surface area contributed by atoms with Crippen LogP contribution in [0.15, 0.2) is 34.3 Å². The monoisotopic (exact) mass is 193 g/mol. The number of amides is 1. The number of thioether (sulfide) groups is 1. The van der Waals surface area contributed by atoms with E-state index in [0.717, 1.165) is 10.6 Å². The first kappa shape index (κ1) is 8.12. The van der Waals surface area contributed by atoms with E-state index in [4.69, 9.17) is 5.73 Å². The molecule has 0 saturated carbocycles. The summed E-state index contributed by atoms with van der Waals surface area (Å²) in [5.41, 5.74) is 8.75. The highest BCUT2D eigenvalue weighted by atomic mass is 32.2. The number of hydrazone groups is 1. The summed E-state index contributed by atoms with van der Waals surface area (Å²) in [6.07, 6.45) is 0. The molecular formula is C8H7N3OS. The summed E-state index contributed by atoms with van der Waals surface area (Å²) >= 11 is 1.28. The molecule has 1 aliphatic heterocycles. The van der Waals surface area contributed by atoms with Crippen LogP contribution in [0.1, 0.15) is 0 Å². The van der Waals surface area contributed by atoms with E-state index in [1.54, 1.807) is 0 Å². The van der Waals surface area contributed by atoms with Gasteiger partial charge in [0.15, 0.2) is 5.04 Å². The van der Waals surface area contributed by atoms with E-state index in [0.29, 0.717) is 5.04 Å². The van der Waals surface area contributed by atoms with Crippen molar-refractivity contribution in [1.82, 2.24) is 0 Å². The third kappa shape index (κ3) is 1.50. The Hall–Kier alpha value is -1.49. The van der Waals surface area contributed by atoms with Crippen molar-refractivity contribution in [2.45, 2.75) is 4.90 Å². The molecule has 0 fully saturated rings. The number of rotatable bonds is 1. The number of anilines is 1. The third-order valence-electron chi connectivity index (χ3n) is 1.58. The van der Waals surface area contributed by atoms with Gasteiger partial charge in [0.05, 0.1) is 5.69 Å². The summed E-state index contributed by atoms with van der Waals surface area (Å²) in [5.74, 6) is -0.507. The number of primary amides is 1. The topological polar surface area (TPSA) is 67.5 Å². The van der Waals surface area contributed by atoms with Gasteiger partial charge in [0.1, 0.15) is 0 Å². The van der Waals surface area contributed by atoms with E-state index in [2.05, 4.69) is 10.5 Å². The molecule has 1 heterocycles. The van der Waals surface area contributed by atoms with E-state index in [1.165, 1.54) is 11.8 Å². The van der Waals surface area contributed by atoms with Gasteiger partial charge in [-0.15, -0.1) is 0 Å². The van der Waals surface area contributed by atoms with Crippen LogP contribution >= 0.6 is 11.8 Å². The molecule has 2 rings (SSSR count). The molecule has 0 radical (unpaired) electrons. The van der Waals surface area contributed by atoms with E-state index in [1.807, 2.05) is 24.3 Å². The molecule has 1 amide bonds. The van der Waals surface area contributed by atoms with Crippen molar-refractivity contribution in [2.75, 3.05) is 5.43 Å². The van der Waals surface area contributed by atoms with E-state index >= 15 is 0 Å². The quantitative estimate of drug-likeness (QED) is 0.699. The number of para-hydroxylation sites is 1. The van der Waals surface area contributed by atoms with Crippen LogP contribution in [0.4, 0.5) is 5.69 Å². The second kappa shape index (κ2) is 3.10. The fourth-order valence-corrected chi connectivity index (χ4v) is 1.76. The summed E-state index contributed by atoms with van der Waals surface area (Å²) in [5, 5.41) is 4.12. The van der Waals surface area contributed by atoms with Gasteiger partial charge in [-0.2, -0.15) is 5.10 Å². The maximum atomic E-state index is 10.8. The summed E-state index contributed by atoms with van der Waals surface area (Å²) in [6.45, 7) is 0. The molecule has 13 heavy (non-hydrogen) atoms. The molecular weight excluding hydrogens is 186 g/mol. The van der Waals surface area contributed by atoms with Crippen LogP contribution in [0.5, 0.6) is 0 Å². The first-order valence-electron chi connectivity index (χ1n) is 3.68. The lowest BCUT2D eigenvalue weighted by Gasteiger charge is -2.13. The predicted molar refractivity (Wildman–Crippen MR) is 52.6 cm³/mol. The second-order valence-electron chi connectivity index (χ2n) is 2.49. The number of hydrogen-bond acceptors (Lipinski definition) is 4. The zero-order chi connectivity index (χ0) is 9.26. The average molecular weight is 193 g/mol. The van der Waals surface area contributed by atoms with Gasteiger partial charge in [0.25, 0.3) is 5.91 Å². The SMILES string of the molecule is NC(=O)C1=NNc2ccccc2S1. The Balaban J connectivity index is 2.33. The molecule has 1 aromatic rings. The highest BCUT2D eigenvalue weighted by molar-refractivity contribution is 8.15. The van der Waals surface area contributed by atoms with Crippen molar-refractivity contribution in [3.63, 3.8) is 0 Å². The van der Waals surface area contributed by atoms with Gasteiger partial charge in [-0.05, 0) is 12.1 Å². The van der Waals surface area contributed by atoms with Crippen molar-refractivity contribution >= 4 is 28.4 Å². The van der Waals surface area contributed by atoms with Crippen LogP contribution in [0.25, 0.3) is 0 Å². The highest BCUT2D eigenvalue weighted by Crippen LogP contribution is 2.31. The Labute approximate surface area is 79.2 Å². The molecule has 0 atom stereocenters. The van der Waals surface area contributed by atoms with Crippen LogP contribution < -0.4 is 11.2 Å². The van der Waals surface area contributed by atoms with Crippen LogP contribution in [0, 0.1) is 0 Å². The molecule has 0 unspecified atom stereocenters. The number of hydrogen-bond donors (Lipinski definition) is 2. The molecule has 1 aromatic carbocycles. The van der Waals surface area contributed by atoms with E-state index < -0.39 is 5.91 Å². The molecule has 66 valence electrons. The number of fused-ring (bicyclic) bond motifs is 1. The van der Waals surface area contributed by atoms with Gasteiger partial charge >= 0.3 is 0 Å². The third-order valence-corrected chi connectivity index (χ3v) is 2.64. The maximum Gasteiger partial charge on any atom is 0.276 e. The van der Waals surface area contributed by atoms with Gasteiger partial charge in [-0.1, -0.05) is 23.9 Å². The number of carbonyl (C=O) groups excluding carboxylic acids is 1. The molecule has 3 N–H and O–H groups in total. The fraction of sp³-hybridized carbons (Fsp3) is 0. The van der Waals surface area contributed by atoms with Crippen molar-refractivity contribution in [3.8, 4) is 0 Å². The summed E-state index contributed by atoms with van der Waals surface area (Å²) < 4.78 is 0. The molecule has 0 saturated heterocycles. The summed E-state index contributed by atoms with van der Waals surface area (Å²) in [4.78, 5) is 11.8. The Morgan fingerprint density at radius 1 is 1.46 bits per heavy atom. The van der Waals surface area contributed by atoms with Gasteiger partial charge in [0.2, 0.25) is 0 Å². The van der Waals surface area contributed by atoms with E-state index in [9.17, 15) is 4.79 Å². The van der Waals surface area contributed by atoms with Crippen LogP contribution in [-0.2, 0) is 4.79 Å². The summed E-state index contributed by atoms with van der Waals surface area (Å²) in [7, 11) is 0. The van der Waals surface area contributed by atoms with Crippen molar-refractivity contribution in [2.24, 2.45) is 10.8 Å². The second-order valence-corrected chi connectivity index (χ2v) is 3.52. The van der Waals surface area contributed by atoms with Crippen molar-refractivity contribution in [3.05, 3.63) is 24.3 Å². The zero-order valence-corrected chi connectivity index (χ0v) is 7.47. The lowest BCUT2D eigenvalue weighted by Crippen LogP contribution is -2.23. The Kier molecular flexibility index (Phi) is 1.94. The largest absolute Gasteiger partial charge is 0.364 e. The normalized spacial score (nSPS) is 14.0. The Morgan fingerprint density at radius 2 is 2.23 bits per heavy atom. The van der Waals surface area contributed by atoms with Crippen LogP contribution in [0.3, 0.4) is 0 Å². The molecule has 0 bridgehead atoms. The van der Waals surface area contributed by atoms with Gasteiger partial charge in [-0.25, -0.2) is 0 Å². The smallest absolute Gasteiger partial charge is 0.276 e. The van der Waals surface area contributed by atoms with Crippen LogP contribution in [-0.4, -0.2) is 11.0 Å². The van der Waals surface area contributed by atoms with Gasteiger partial charge in [-0.3, -0.25) is 10.2 Å². The highest BCUT2D eigenvalue weighted by Gasteiger charge is 2.16. The Bertz CT molecular complexity index is 389. The lowest BCUT2D eigenvalue weighted by molar-refractivity contribution is -0.111. The average Bonchev–Trinajstić information content (AvgIpc) is 2.17. The molecule has 4 nitrogen and oxygen atoms in total. The summed E-state index contributed by atoms with van der Waals surface area (Å²) in [6, 6.07) is 7.60. The first-order valence-corrected chi connectivity index (χ1v) is 4.49. The fourth-order valence-electron chi connectivity index (χ4n) is 0.991. The number of carbonyl (C=O) groups is 1. The predicted octanol–water partition coefficient (Wildman–Crippen LogP) is 1.00. The minimum atomic E-state index is -0.507. The zero-order valence-electron chi connectivity index (χ0n) is 6.65. The Morgan fingerprint density at radius 3 is 3.00 bits per heavy atom. The minimum absolute atomic E-state index is 0.290. The number of benzene rings is 1. The number of nitrogens with two attached hydrogens (primary N) is 1. The maximum absolute atomic E-state index is 10.8. The van der Waals surface area contributed by atoms with Crippen molar-refractivity contribution < 1.29 is 4.79 Å². The lowest BCUT2D eigenvalue weighted by atomic mass is 10.3. The minimum Gasteiger partial charge on any atom is -0.364 e. The molecule has 0 aliphatic carbocycles. The molecule has 0 spiro atoms.